The molecule has 63 heavy (non-hydrogen) atoms. The van der Waals surface area contributed by atoms with Crippen LogP contribution in [0.25, 0.3) is 11.5 Å². The summed E-state index contributed by atoms with van der Waals surface area (Å²) in [4.78, 5) is 64.8. The largest absolute Gasteiger partial charge is 0.444 e. The summed E-state index contributed by atoms with van der Waals surface area (Å²) in [5.41, 5.74) is 2.22. The van der Waals surface area contributed by atoms with Gasteiger partial charge in [-0.05, 0) is 113 Å². The number of likely N-dealkylation sites (tertiary alicyclic amines) is 1. The van der Waals surface area contributed by atoms with Gasteiger partial charge in [-0.3, -0.25) is 28.8 Å². The van der Waals surface area contributed by atoms with E-state index in [4.69, 9.17) is 9.15 Å². The Morgan fingerprint density at radius 2 is 1.79 bits per heavy atom. The molecule has 1 atom stereocenters. The second-order valence-corrected chi connectivity index (χ2v) is 17.6. The standard InChI is InChI=1S/C46H53F2N9O6/c1-27-7-14-37(43(59)51-27)57-45(60)34-6-2-4-30(39(34)46(57)61)5-3-21-62-33-16-19-55(20-17-33)24-29-10-12-32(13-11-29)56-25-35(40(54-56)41(47)48)52-42(58)36-26-63-44(53-36)31-15-18-49-38(22-31)50-23-28-8-9-28/h2,4,6,15,18,22,25-26,28-29,32-33,37,41H,1,3,5,7-14,16-17,19-21,23-24H2,(H,49,50)(H,51,59)(H,52,58). The predicted octanol–water partition coefficient (Wildman–Crippen LogP) is 7.18. The summed E-state index contributed by atoms with van der Waals surface area (Å²) >= 11 is 0. The highest BCUT2D eigenvalue weighted by molar-refractivity contribution is 6.23. The minimum absolute atomic E-state index is 0.0316. The van der Waals surface area contributed by atoms with E-state index in [9.17, 15) is 28.0 Å². The first-order valence-corrected chi connectivity index (χ1v) is 22.2. The molecule has 2 saturated carbocycles. The number of ether oxygens (including phenoxy) is 1. The Balaban J connectivity index is 0.703. The highest BCUT2D eigenvalue weighted by Crippen LogP contribution is 2.37. The van der Waals surface area contributed by atoms with Crippen molar-refractivity contribution in [2.24, 2.45) is 11.8 Å². The van der Waals surface area contributed by atoms with Crippen LogP contribution in [0.5, 0.6) is 0 Å². The molecule has 4 fully saturated rings. The molecule has 0 radical (unpaired) electrons. The number of nitrogens with zero attached hydrogens (tertiary/aromatic N) is 6. The van der Waals surface area contributed by atoms with E-state index in [0.717, 1.165) is 75.2 Å². The topological polar surface area (TPSA) is 177 Å². The fourth-order valence-corrected chi connectivity index (χ4v) is 9.38. The van der Waals surface area contributed by atoms with E-state index in [2.05, 4.69) is 42.5 Å². The first-order valence-electron chi connectivity index (χ1n) is 22.2. The summed E-state index contributed by atoms with van der Waals surface area (Å²) in [5.74, 6) is 0.192. The lowest BCUT2D eigenvalue weighted by atomic mass is 9.85. The summed E-state index contributed by atoms with van der Waals surface area (Å²) in [7, 11) is 0. The van der Waals surface area contributed by atoms with Crippen LogP contribution in [0, 0.1) is 11.8 Å². The molecule has 6 heterocycles. The fourth-order valence-electron chi connectivity index (χ4n) is 9.38. The third kappa shape index (κ3) is 9.59. The second-order valence-electron chi connectivity index (χ2n) is 17.6. The molecule has 3 N–H and O–H groups in total. The lowest BCUT2D eigenvalue weighted by Crippen LogP contribution is -2.51. The monoisotopic (exact) mass is 865 g/mol. The lowest BCUT2D eigenvalue weighted by Gasteiger charge is -2.36. The maximum atomic E-state index is 14.2. The molecule has 4 aromatic rings. The molecule has 4 amide bonds. The number of anilines is 2. The number of imide groups is 1. The Morgan fingerprint density at radius 1 is 1.00 bits per heavy atom. The van der Waals surface area contributed by atoms with Crippen LogP contribution in [0.15, 0.2) is 65.7 Å². The molecule has 0 spiro atoms. The fraction of sp³-hybridized carbons (Fsp3) is 0.500. The summed E-state index contributed by atoms with van der Waals surface area (Å²) in [5, 5.41) is 12.8. The van der Waals surface area contributed by atoms with Gasteiger partial charge in [-0.2, -0.15) is 5.10 Å². The molecule has 3 aliphatic heterocycles. The Kier molecular flexibility index (Phi) is 12.5. The molecule has 2 aliphatic carbocycles. The summed E-state index contributed by atoms with van der Waals surface area (Å²) < 4.78 is 41.8. The van der Waals surface area contributed by atoms with Crippen molar-refractivity contribution < 1.29 is 37.1 Å². The average molecular weight is 866 g/mol. The molecular weight excluding hydrogens is 813 g/mol. The molecule has 15 nitrogen and oxygen atoms in total. The van der Waals surface area contributed by atoms with Crippen LogP contribution in [0.3, 0.4) is 0 Å². The number of nitrogens with one attached hydrogen (secondary N) is 3. The number of oxazole rings is 1. The van der Waals surface area contributed by atoms with Gasteiger partial charge in [0, 0.05) is 56.4 Å². The number of aryl methyl sites for hydroxylation is 1. The molecule has 1 aromatic carbocycles. The van der Waals surface area contributed by atoms with Gasteiger partial charge in [-0.25, -0.2) is 18.7 Å². The van der Waals surface area contributed by atoms with Gasteiger partial charge in [0.25, 0.3) is 24.1 Å². The van der Waals surface area contributed by atoms with Crippen LogP contribution >= 0.6 is 0 Å². The van der Waals surface area contributed by atoms with Crippen molar-refractivity contribution in [2.45, 2.75) is 102 Å². The van der Waals surface area contributed by atoms with Crippen LogP contribution in [0.4, 0.5) is 20.3 Å². The first kappa shape index (κ1) is 42.5. The number of benzene rings is 1. The molecule has 17 heteroatoms. The maximum absolute atomic E-state index is 14.2. The number of piperidine rings is 2. The molecule has 5 aliphatic rings. The SMILES string of the molecule is C=C1CCC(N2C(=O)c3cccc(CCCOC4CCN(CC5CCC(n6cc(NC(=O)c7coc(-c8ccnc(NCC9CC9)c8)n7)c(C(F)F)n6)CC5)CC4)c3C2=O)C(=O)N1. The number of rotatable bonds is 16. The van der Waals surface area contributed by atoms with E-state index in [-0.39, 0.29) is 35.3 Å². The van der Waals surface area contributed by atoms with Crippen molar-refractivity contribution in [1.29, 1.82) is 0 Å². The number of pyridine rings is 1. The number of halogens is 2. The molecule has 3 aromatic heterocycles. The van der Waals surface area contributed by atoms with Crippen LogP contribution < -0.4 is 16.0 Å². The summed E-state index contributed by atoms with van der Waals surface area (Å²) in [6, 6.07) is 7.96. The van der Waals surface area contributed by atoms with E-state index < -0.39 is 35.9 Å². The Bertz CT molecular complexity index is 2360. The number of carbonyl (C=O) groups excluding carboxylic acids is 4. The van der Waals surface area contributed by atoms with Crippen molar-refractivity contribution >= 4 is 35.1 Å². The zero-order valence-corrected chi connectivity index (χ0v) is 35.2. The number of fused-ring (bicyclic) bond motifs is 1. The van der Waals surface area contributed by atoms with Crippen molar-refractivity contribution in [3.8, 4) is 11.5 Å². The van der Waals surface area contributed by atoms with Gasteiger partial charge in [0.15, 0.2) is 11.4 Å². The van der Waals surface area contributed by atoms with Crippen molar-refractivity contribution in [2.75, 3.05) is 43.4 Å². The molecule has 9 rings (SSSR count). The minimum atomic E-state index is -2.87. The number of hydrogen-bond donors (Lipinski definition) is 3. The minimum Gasteiger partial charge on any atom is -0.444 e. The molecular formula is C46H53F2N9O6. The normalized spacial score (nSPS) is 22.1. The van der Waals surface area contributed by atoms with Gasteiger partial charge >= 0.3 is 0 Å². The number of hydrogen-bond acceptors (Lipinski definition) is 11. The van der Waals surface area contributed by atoms with Crippen LogP contribution in [0.1, 0.15) is 126 Å². The van der Waals surface area contributed by atoms with Crippen LogP contribution in [0.2, 0.25) is 0 Å². The average Bonchev–Trinajstić information content (AvgIpc) is 3.69. The lowest BCUT2D eigenvalue weighted by molar-refractivity contribution is -0.125. The number of amides is 4. The van der Waals surface area contributed by atoms with Crippen molar-refractivity contribution in [1.82, 2.24) is 34.9 Å². The zero-order chi connectivity index (χ0) is 43.6. The van der Waals surface area contributed by atoms with E-state index >= 15 is 0 Å². The zero-order valence-electron chi connectivity index (χ0n) is 35.2. The Labute approximate surface area is 364 Å². The summed E-state index contributed by atoms with van der Waals surface area (Å²) in [6.07, 6.45) is 11.5. The Morgan fingerprint density at radius 3 is 2.56 bits per heavy atom. The third-order valence-corrected chi connectivity index (χ3v) is 13.1. The van der Waals surface area contributed by atoms with Gasteiger partial charge in [-0.1, -0.05) is 18.7 Å². The van der Waals surface area contributed by atoms with E-state index in [1.54, 1.807) is 35.1 Å². The number of allylic oxidation sites excluding steroid dienone is 1. The predicted molar refractivity (Wildman–Crippen MR) is 228 cm³/mol. The van der Waals surface area contributed by atoms with Crippen LogP contribution in [-0.2, 0) is 16.0 Å². The Hall–Kier alpha value is -5.81. The van der Waals surface area contributed by atoms with E-state index in [0.29, 0.717) is 72.3 Å². The van der Waals surface area contributed by atoms with Gasteiger partial charge in [0.1, 0.15) is 18.1 Å². The second kappa shape index (κ2) is 18.5. The maximum Gasteiger partial charge on any atom is 0.284 e. The van der Waals surface area contributed by atoms with Gasteiger partial charge in [0.2, 0.25) is 11.8 Å². The highest BCUT2D eigenvalue weighted by Gasteiger charge is 2.45. The number of aromatic nitrogens is 4. The first-order chi connectivity index (χ1) is 30.6. The van der Waals surface area contributed by atoms with E-state index in [1.807, 2.05) is 6.07 Å². The van der Waals surface area contributed by atoms with E-state index in [1.165, 1.54) is 25.3 Å². The smallest absolute Gasteiger partial charge is 0.284 e. The molecule has 2 saturated heterocycles. The van der Waals surface area contributed by atoms with Crippen LogP contribution in [-0.4, -0.2) is 98.1 Å². The number of carbonyl (C=O) groups is 4. The van der Waals surface area contributed by atoms with Crippen molar-refractivity contribution in [3.63, 3.8) is 0 Å². The van der Waals surface area contributed by atoms with Gasteiger partial charge in [-0.15, -0.1) is 0 Å². The number of alkyl halides is 2. The molecule has 1 unspecified atom stereocenters. The molecule has 0 bridgehead atoms. The quantitative estimate of drug-likeness (QED) is 0.0769. The molecule has 332 valence electrons. The summed E-state index contributed by atoms with van der Waals surface area (Å²) in [6.45, 7) is 8.01. The van der Waals surface area contributed by atoms with Gasteiger partial charge < -0.3 is 30.0 Å². The highest BCUT2D eigenvalue weighted by atomic mass is 19.3. The third-order valence-electron chi connectivity index (χ3n) is 13.1. The van der Waals surface area contributed by atoms with Crippen molar-refractivity contribution in [3.05, 3.63) is 89.3 Å². The van der Waals surface area contributed by atoms with Gasteiger partial charge in [0.05, 0.1) is 29.0 Å².